The average Bonchev–Trinajstić information content (AvgIpc) is 3.17. The van der Waals surface area contributed by atoms with Gasteiger partial charge in [0, 0.05) is 50.5 Å². The van der Waals surface area contributed by atoms with E-state index in [-0.39, 0.29) is 5.91 Å². The molecule has 0 unspecified atom stereocenters. The Balaban J connectivity index is 1.87. The van der Waals surface area contributed by atoms with Crippen LogP contribution in [0.4, 0.5) is 0 Å². The maximum atomic E-state index is 12.4. The molecule has 0 aromatic carbocycles. The minimum atomic E-state index is 0.202. The molecular weight excluding hydrogens is 284 g/mol. The topological polar surface area (TPSA) is 34.5 Å². The molecule has 0 saturated heterocycles. The molecule has 0 spiro atoms. The van der Waals surface area contributed by atoms with E-state index in [9.17, 15) is 4.79 Å². The van der Waals surface area contributed by atoms with E-state index < -0.39 is 0 Å². The molecule has 4 nitrogen and oxygen atoms in total. The Hall–Kier alpha value is -1.59. The van der Waals surface area contributed by atoms with E-state index >= 15 is 0 Å². The van der Waals surface area contributed by atoms with Gasteiger partial charge in [-0.2, -0.15) is 0 Å². The highest BCUT2D eigenvalue weighted by molar-refractivity contribution is 7.09. The van der Waals surface area contributed by atoms with E-state index in [4.69, 9.17) is 4.74 Å². The molecule has 0 radical (unpaired) electrons. The molecule has 114 valence electrons. The first-order chi connectivity index (χ1) is 10.3. The number of thiophene rings is 1. The van der Waals surface area contributed by atoms with Crippen LogP contribution in [0.15, 0.2) is 42.0 Å². The van der Waals surface area contributed by atoms with Gasteiger partial charge in [0.1, 0.15) is 0 Å². The maximum Gasteiger partial charge on any atom is 0.224 e. The number of rotatable bonds is 9. The van der Waals surface area contributed by atoms with Crippen LogP contribution in [0.25, 0.3) is 0 Å². The normalized spacial score (nSPS) is 10.7. The fourth-order valence-corrected chi connectivity index (χ4v) is 2.90. The number of carbonyl (C=O) groups is 1. The first-order valence-electron chi connectivity index (χ1n) is 7.19. The third kappa shape index (κ3) is 5.36. The monoisotopic (exact) mass is 306 g/mol. The third-order valence-corrected chi connectivity index (χ3v) is 4.17. The van der Waals surface area contributed by atoms with Crippen molar-refractivity contribution in [1.29, 1.82) is 0 Å². The van der Waals surface area contributed by atoms with Crippen LogP contribution in [0.3, 0.4) is 0 Å². The van der Waals surface area contributed by atoms with E-state index in [1.54, 1.807) is 18.4 Å². The number of carbonyl (C=O) groups excluding carboxylic acids is 1. The molecule has 2 aromatic rings. The van der Waals surface area contributed by atoms with Crippen molar-refractivity contribution in [3.05, 3.63) is 46.9 Å². The fraction of sp³-hybridized carbons (Fsp3) is 0.438. The number of nitrogens with zero attached hydrogens (tertiary/aromatic N) is 2. The zero-order chi connectivity index (χ0) is 14.9. The number of aryl methyl sites for hydroxylation is 1. The summed E-state index contributed by atoms with van der Waals surface area (Å²) in [5.74, 6) is 0.202. The molecule has 2 heterocycles. The second kappa shape index (κ2) is 8.64. The van der Waals surface area contributed by atoms with E-state index in [2.05, 4.69) is 6.07 Å². The van der Waals surface area contributed by atoms with Crippen LogP contribution in [0, 0.1) is 0 Å². The Kier molecular flexibility index (Phi) is 6.50. The molecule has 5 heteroatoms. The van der Waals surface area contributed by atoms with E-state index in [0.717, 1.165) is 19.5 Å². The molecule has 0 bridgehead atoms. The third-order valence-electron chi connectivity index (χ3n) is 3.31. The summed E-state index contributed by atoms with van der Waals surface area (Å²) in [4.78, 5) is 15.6. The van der Waals surface area contributed by atoms with Crippen LogP contribution in [0.5, 0.6) is 0 Å². The van der Waals surface area contributed by atoms with Gasteiger partial charge in [-0.25, -0.2) is 0 Å². The number of amides is 1. The molecule has 0 atom stereocenters. The maximum absolute atomic E-state index is 12.4. The van der Waals surface area contributed by atoms with E-state index in [1.807, 2.05) is 45.4 Å². The number of hydrogen-bond acceptors (Lipinski definition) is 3. The van der Waals surface area contributed by atoms with Crippen molar-refractivity contribution in [2.24, 2.45) is 0 Å². The van der Waals surface area contributed by atoms with Crippen LogP contribution < -0.4 is 0 Å². The van der Waals surface area contributed by atoms with Crippen molar-refractivity contribution in [3.63, 3.8) is 0 Å². The Morgan fingerprint density at radius 2 is 2.14 bits per heavy atom. The number of ether oxygens (including phenoxy) is 1. The van der Waals surface area contributed by atoms with Crippen molar-refractivity contribution in [2.75, 3.05) is 20.3 Å². The second-order valence-electron chi connectivity index (χ2n) is 4.91. The summed E-state index contributed by atoms with van der Waals surface area (Å²) >= 11 is 1.69. The van der Waals surface area contributed by atoms with Crippen molar-refractivity contribution in [2.45, 2.75) is 25.9 Å². The van der Waals surface area contributed by atoms with Crippen LogP contribution in [0.2, 0.25) is 0 Å². The summed E-state index contributed by atoms with van der Waals surface area (Å²) < 4.78 is 7.12. The molecule has 0 aliphatic carbocycles. The van der Waals surface area contributed by atoms with Crippen LogP contribution in [-0.2, 0) is 22.6 Å². The predicted octanol–water partition coefficient (Wildman–Crippen LogP) is 3.01. The van der Waals surface area contributed by atoms with Gasteiger partial charge >= 0.3 is 0 Å². The molecule has 21 heavy (non-hydrogen) atoms. The standard InChI is InChI=1S/C16H22N2O2S/c1-20-12-5-10-18(14-15-6-4-13-21-15)16(19)7-11-17-8-2-3-9-17/h2-4,6,8-9,13H,5,7,10-12,14H2,1H3. The molecule has 0 saturated carbocycles. The lowest BCUT2D eigenvalue weighted by molar-refractivity contribution is -0.132. The van der Waals surface area contributed by atoms with Crippen LogP contribution in [-0.4, -0.2) is 35.6 Å². The van der Waals surface area contributed by atoms with Gasteiger partial charge in [-0.05, 0) is 30.0 Å². The highest BCUT2D eigenvalue weighted by atomic mass is 32.1. The van der Waals surface area contributed by atoms with Crippen molar-refractivity contribution < 1.29 is 9.53 Å². The lowest BCUT2D eigenvalue weighted by atomic mass is 10.3. The zero-order valence-electron chi connectivity index (χ0n) is 12.4. The molecule has 0 aliphatic rings. The van der Waals surface area contributed by atoms with Crippen LogP contribution in [0.1, 0.15) is 17.7 Å². The molecule has 0 fully saturated rings. The Morgan fingerprint density at radius 1 is 1.33 bits per heavy atom. The second-order valence-corrected chi connectivity index (χ2v) is 5.94. The quantitative estimate of drug-likeness (QED) is 0.668. The van der Waals surface area contributed by atoms with Crippen molar-refractivity contribution >= 4 is 17.2 Å². The minimum Gasteiger partial charge on any atom is -0.385 e. The van der Waals surface area contributed by atoms with Gasteiger partial charge in [-0.15, -0.1) is 11.3 Å². The summed E-state index contributed by atoms with van der Waals surface area (Å²) in [7, 11) is 1.69. The first-order valence-corrected chi connectivity index (χ1v) is 8.07. The van der Waals surface area contributed by atoms with Gasteiger partial charge < -0.3 is 14.2 Å². The first kappa shape index (κ1) is 15.8. The van der Waals surface area contributed by atoms with E-state index in [0.29, 0.717) is 19.6 Å². The van der Waals surface area contributed by atoms with Gasteiger partial charge in [0.2, 0.25) is 5.91 Å². The van der Waals surface area contributed by atoms with Gasteiger partial charge in [0.25, 0.3) is 0 Å². The number of aromatic nitrogens is 1. The van der Waals surface area contributed by atoms with Gasteiger partial charge in [-0.3, -0.25) is 4.79 Å². The Labute approximate surface area is 130 Å². The SMILES string of the molecule is COCCCN(Cc1cccs1)C(=O)CCn1cccc1. The average molecular weight is 306 g/mol. The summed E-state index contributed by atoms with van der Waals surface area (Å²) in [5.41, 5.74) is 0. The molecule has 2 rings (SSSR count). The molecule has 0 aliphatic heterocycles. The zero-order valence-corrected chi connectivity index (χ0v) is 13.2. The fourth-order valence-electron chi connectivity index (χ4n) is 2.18. The van der Waals surface area contributed by atoms with E-state index in [1.165, 1.54) is 4.88 Å². The minimum absolute atomic E-state index is 0.202. The number of methoxy groups -OCH3 is 1. The Morgan fingerprint density at radius 3 is 2.81 bits per heavy atom. The van der Waals surface area contributed by atoms with Gasteiger partial charge in [0.05, 0.1) is 6.54 Å². The summed E-state index contributed by atoms with van der Waals surface area (Å²) in [6.45, 7) is 2.87. The highest BCUT2D eigenvalue weighted by Gasteiger charge is 2.14. The van der Waals surface area contributed by atoms with Gasteiger partial charge in [-0.1, -0.05) is 6.07 Å². The van der Waals surface area contributed by atoms with Gasteiger partial charge in [0.15, 0.2) is 0 Å². The predicted molar refractivity (Wildman–Crippen MR) is 85.3 cm³/mol. The summed E-state index contributed by atoms with van der Waals surface area (Å²) in [6.07, 6.45) is 5.38. The highest BCUT2D eigenvalue weighted by Crippen LogP contribution is 2.13. The largest absolute Gasteiger partial charge is 0.385 e. The number of hydrogen-bond donors (Lipinski definition) is 0. The summed E-state index contributed by atoms with van der Waals surface area (Å²) in [6, 6.07) is 8.06. The molecule has 2 aromatic heterocycles. The molecular formula is C16H22N2O2S. The lowest BCUT2D eigenvalue weighted by Crippen LogP contribution is -2.32. The van der Waals surface area contributed by atoms with Crippen molar-refractivity contribution in [3.8, 4) is 0 Å². The van der Waals surface area contributed by atoms with Crippen molar-refractivity contribution in [1.82, 2.24) is 9.47 Å². The summed E-state index contributed by atoms with van der Waals surface area (Å²) in [5, 5.41) is 2.05. The lowest BCUT2D eigenvalue weighted by Gasteiger charge is -2.22. The molecule has 1 amide bonds. The molecule has 0 N–H and O–H groups in total. The smallest absolute Gasteiger partial charge is 0.224 e. The van der Waals surface area contributed by atoms with Crippen LogP contribution >= 0.6 is 11.3 Å². The Bertz CT molecular complexity index is 508.